The minimum Gasteiger partial charge on any atom is -0.248 e. The molecule has 5 aromatic carbocycles. The van der Waals surface area contributed by atoms with Gasteiger partial charge >= 0.3 is 0 Å². The number of hydrogen-bond acceptors (Lipinski definition) is 5. The second kappa shape index (κ2) is 20.5. The maximum atomic E-state index is 5.53. The summed E-state index contributed by atoms with van der Waals surface area (Å²) < 4.78 is 0. The van der Waals surface area contributed by atoms with Crippen LogP contribution in [0, 0.1) is 0 Å². The first-order valence-corrected chi connectivity index (χ1v) is 45.9. The third-order valence-corrected chi connectivity index (χ3v) is 25.8. The molecule has 0 N–H and O–H groups in total. The fourth-order valence-electron chi connectivity index (χ4n) is 10.6. The summed E-state index contributed by atoms with van der Waals surface area (Å²) in [6.45, 7) is 36.4. The van der Waals surface area contributed by atoms with Gasteiger partial charge in [-0.2, -0.15) is 0 Å². The van der Waals surface area contributed by atoms with Gasteiger partial charge in [0.15, 0.2) is 0 Å². The number of fused-ring (bicyclic) bond motifs is 30. The lowest BCUT2D eigenvalue weighted by Gasteiger charge is -2.18. The zero-order chi connectivity index (χ0) is 56.7. The Morgan fingerprint density at radius 2 is 0.287 bits per heavy atom. The van der Waals surface area contributed by atoms with Gasteiger partial charge in [0.1, 0.15) is 0 Å². The lowest BCUT2D eigenvalue weighted by Crippen LogP contribution is -2.37. The molecule has 0 aliphatic heterocycles. The summed E-state index contributed by atoms with van der Waals surface area (Å²) in [5, 5.41) is 17.8. The predicted molar refractivity (Wildman–Crippen MR) is 367 cm³/mol. The predicted octanol–water partition coefficient (Wildman–Crippen LogP) is 16.9. The molecular weight excluding hydrogens is 1050 g/mol. The Morgan fingerprint density at radius 1 is 0.175 bits per heavy atom. The molecule has 0 amide bonds. The molecule has 0 aliphatic rings. The second-order valence-corrected chi connectivity index (χ2v) is 52.7. The van der Waals surface area contributed by atoms with Crippen molar-refractivity contribution in [2.45, 2.75) is 98.2 Å². The fourth-order valence-corrected chi connectivity index (χ4v) is 16.4. The van der Waals surface area contributed by atoms with E-state index in [0.717, 1.165) is 109 Å². The largest absolute Gasteiger partial charge is 0.248 e. The van der Waals surface area contributed by atoms with E-state index in [1.165, 1.54) is 25.9 Å². The molecule has 0 saturated carbocycles. The number of aromatic nitrogens is 5. The molecule has 11 rings (SSSR count). The molecule has 6 heterocycles. The number of pyridine rings is 5. The monoisotopic (exact) mass is 1130 g/mol. The van der Waals surface area contributed by atoms with Crippen LogP contribution in [-0.2, 0) is 0 Å². The highest BCUT2D eigenvalue weighted by Crippen LogP contribution is 2.27. The van der Waals surface area contributed by atoms with Gasteiger partial charge in [0.05, 0.1) is 95.5 Å². The van der Waals surface area contributed by atoms with E-state index in [4.69, 9.17) is 24.9 Å². The van der Waals surface area contributed by atoms with Crippen LogP contribution in [0.3, 0.4) is 0 Å². The first kappa shape index (κ1) is 54.9. The first-order valence-electron chi connectivity index (χ1n) is 28.4. The van der Waals surface area contributed by atoms with Gasteiger partial charge in [0, 0.05) is 53.9 Å². The average molecular weight is 1130 g/mol. The Balaban J connectivity index is 1.33. The Hall–Kier alpha value is -7.07. The van der Waals surface area contributed by atoms with Crippen LogP contribution >= 0.6 is 0 Å². The normalized spacial score (nSPS) is 12.7. The zero-order valence-electron chi connectivity index (χ0n) is 49.6. The van der Waals surface area contributed by atoms with Crippen molar-refractivity contribution >= 4 is 175 Å². The molecule has 11 aromatic rings. The van der Waals surface area contributed by atoms with Crippen LogP contribution < -0.4 is 25.9 Å². The van der Waals surface area contributed by atoms with Gasteiger partial charge in [0.25, 0.3) is 0 Å². The van der Waals surface area contributed by atoms with Crippen molar-refractivity contribution in [1.29, 1.82) is 0 Å². The van der Waals surface area contributed by atoms with E-state index in [1.54, 1.807) is 0 Å². The third kappa shape index (κ3) is 11.6. The SMILES string of the molecule is C[Si](C)(C)c1cc2cc(c1)c1cccc(n1)c1cc([Si](C)(C)C)cc(c1)c1cccc(n1)c1cc([Si](C)(C)C)cc(c1)c1cccc(n1)c1cc([Si](C)(C)C)cc(c1)c1cccc(n1)c1cc([Si](C)(C)C)cc(c1)c1cccc2n1. The number of rotatable bonds is 5. The molecule has 20 bridgehead atoms. The highest BCUT2D eigenvalue weighted by atomic mass is 28.3. The van der Waals surface area contributed by atoms with E-state index in [1.807, 2.05) is 0 Å². The minimum atomic E-state index is -1.83. The summed E-state index contributed by atoms with van der Waals surface area (Å²) in [5.74, 6) is 0. The number of nitrogens with zero attached hydrogens (tertiary/aromatic N) is 5. The molecule has 0 atom stereocenters. The summed E-state index contributed by atoms with van der Waals surface area (Å²) in [6, 6.07) is 67.9. The molecule has 80 heavy (non-hydrogen) atoms. The molecule has 0 radical (unpaired) electrons. The molecule has 5 nitrogen and oxygen atoms in total. The van der Waals surface area contributed by atoms with Crippen molar-refractivity contribution < 1.29 is 0 Å². The van der Waals surface area contributed by atoms with Crippen molar-refractivity contribution in [1.82, 2.24) is 24.9 Å². The third-order valence-electron chi connectivity index (χ3n) is 15.7. The van der Waals surface area contributed by atoms with Gasteiger partial charge in [-0.1, -0.05) is 215 Å². The van der Waals surface area contributed by atoms with E-state index in [0.29, 0.717) is 0 Å². The van der Waals surface area contributed by atoms with Crippen molar-refractivity contribution in [2.75, 3.05) is 0 Å². The maximum absolute atomic E-state index is 5.53. The van der Waals surface area contributed by atoms with Crippen molar-refractivity contribution in [3.8, 4) is 0 Å². The Labute approximate surface area is 477 Å². The zero-order valence-corrected chi connectivity index (χ0v) is 54.6. The lowest BCUT2D eigenvalue weighted by atomic mass is 10.1. The average Bonchev–Trinajstić information content (AvgIpc) is 3.56. The minimum absolute atomic E-state index is 0.948. The van der Waals surface area contributed by atoms with Crippen LogP contribution in [-0.4, -0.2) is 65.3 Å². The van der Waals surface area contributed by atoms with Crippen LogP contribution in [0.1, 0.15) is 0 Å². The fraction of sp³-hybridized carbons (Fsp3) is 0.214. The Morgan fingerprint density at radius 3 is 0.388 bits per heavy atom. The van der Waals surface area contributed by atoms with Gasteiger partial charge < -0.3 is 0 Å². The molecular formula is C70H75N5Si5. The molecule has 0 spiro atoms. The van der Waals surface area contributed by atoms with Crippen LogP contribution in [0.15, 0.2) is 182 Å². The lowest BCUT2D eigenvalue weighted by molar-refractivity contribution is 1.49. The highest BCUT2D eigenvalue weighted by Gasteiger charge is 2.22. The van der Waals surface area contributed by atoms with Gasteiger partial charge in [-0.25, -0.2) is 24.9 Å². The molecule has 0 fully saturated rings. The molecule has 0 saturated heterocycles. The van der Waals surface area contributed by atoms with Crippen LogP contribution in [0.5, 0.6) is 0 Å². The smallest absolute Gasteiger partial charge is 0.0776 e. The first-order chi connectivity index (χ1) is 37.7. The second-order valence-electron chi connectivity index (χ2n) is 27.3. The quantitative estimate of drug-likeness (QED) is 0.161. The summed E-state index contributed by atoms with van der Waals surface area (Å²) in [5.41, 5.74) is 9.48. The molecule has 0 aliphatic carbocycles. The highest BCUT2D eigenvalue weighted by molar-refractivity contribution is 6.90. The van der Waals surface area contributed by atoms with E-state index in [2.05, 4.69) is 280 Å². The van der Waals surface area contributed by atoms with E-state index in [-0.39, 0.29) is 0 Å². The topological polar surface area (TPSA) is 64.5 Å². The molecule has 400 valence electrons. The van der Waals surface area contributed by atoms with Crippen molar-refractivity contribution in [3.63, 3.8) is 0 Å². The standard InChI is InChI=1S/C70H75N5Si5/c1-76(2,3)56-36-46-31-47(37-56)62-22-17-24-64(72-62)49-33-51(41-58(39-49)78(7,8)9)66-26-19-28-68(74-66)53-35-55(45-60(43-53)80(13,14)15)70-30-20-29-69(75-70)54-34-52(42-59(44-54)79(10,11)12)67-27-18-25-65(73-67)50-32-48(38-57(40-50)77(4,5)6)63-23-16-21-61(46)71-63/h16-45H,1-15H3. The van der Waals surface area contributed by atoms with E-state index >= 15 is 0 Å². The van der Waals surface area contributed by atoms with Gasteiger partial charge in [-0.15, -0.1) is 0 Å². The van der Waals surface area contributed by atoms with Crippen LogP contribution in [0.4, 0.5) is 0 Å². The Bertz CT molecular complexity index is 3730. The Kier molecular flexibility index (Phi) is 14.0. The van der Waals surface area contributed by atoms with Crippen molar-refractivity contribution in [2.24, 2.45) is 0 Å². The summed E-state index contributed by atoms with van der Waals surface area (Å²) in [4.78, 5) is 27.7. The molecule has 10 heteroatoms. The van der Waals surface area contributed by atoms with E-state index in [9.17, 15) is 0 Å². The molecule has 0 unspecified atom stereocenters. The number of benzene rings is 5. The van der Waals surface area contributed by atoms with Crippen LogP contribution in [0.25, 0.3) is 109 Å². The summed E-state index contributed by atoms with van der Waals surface area (Å²) in [7, 11) is -9.14. The summed E-state index contributed by atoms with van der Waals surface area (Å²) >= 11 is 0. The van der Waals surface area contributed by atoms with Crippen LogP contribution in [0.2, 0.25) is 98.2 Å². The van der Waals surface area contributed by atoms with E-state index < -0.39 is 40.4 Å². The van der Waals surface area contributed by atoms with Crippen molar-refractivity contribution in [3.05, 3.63) is 182 Å². The van der Waals surface area contributed by atoms with Gasteiger partial charge in [-0.3, -0.25) is 0 Å². The summed E-state index contributed by atoms with van der Waals surface area (Å²) in [6.07, 6.45) is 0. The number of hydrogen-bond donors (Lipinski definition) is 0. The molecule has 6 aromatic heterocycles. The van der Waals surface area contributed by atoms with Gasteiger partial charge in [-0.05, 0) is 91.0 Å². The maximum Gasteiger partial charge on any atom is 0.0776 e. The van der Waals surface area contributed by atoms with Gasteiger partial charge in [0.2, 0.25) is 0 Å².